The molecule has 6 heteroatoms. The van der Waals surface area contributed by atoms with Crippen molar-refractivity contribution in [3.05, 3.63) is 56.9 Å². The first kappa shape index (κ1) is 13.7. The number of benzene rings is 1. The van der Waals surface area contributed by atoms with Crippen LogP contribution in [0, 0.1) is 12.7 Å². The molecule has 0 aliphatic carbocycles. The van der Waals surface area contributed by atoms with E-state index < -0.39 is 0 Å². The molecule has 19 heavy (non-hydrogen) atoms. The van der Waals surface area contributed by atoms with Gasteiger partial charge in [0, 0.05) is 18.8 Å². The zero-order valence-electron chi connectivity index (χ0n) is 10.4. The van der Waals surface area contributed by atoms with E-state index >= 15 is 0 Å². The summed E-state index contributed by atoms with van der Waals surface area (Å²) in [5, 5.41) is 3.05. The van der Waals surface area contributed by atoms with E-state index in [1.165, 1.54) is 23.0 Å². The van der Waals surface area contributed by atoms with Gasteiger partial charge in [-0.2, -0.15) is 0 Å². The van der Waals surface area contributed by atoms with Crippen molar-refractivity contribution in [1.82, 2.24) is 9.55 Å². The van der Waals surface area contributed by atoms with E-state index in [1.807, 2.05) is 0 Å². The van der Waals surface area contributed by atoms with Gasteiger partial charge in [-0.25, -0.2) is 9.37 Å². The second-order valence-corrected chi connectivity index (χ2v) is 4.87. The molecule has 0 aliphatic heterocycles. The summed E-state index contributed by atoms with van der Waals surface area (Å²) in [5.74, 6) is -0.290. The van der Waals surface area contributed by atoms with Crippen LogP contribution in [0.3, 0.4) is 0 Å². The summed E-state index contributed by atoms with van der Waals surface area (Å²) >= 11 is 3.21. The van der Waals surface area contributed by atoms with Gasteiger partial charge in [0.05, 0.1) is 12.0 Å². The number of nitrogens with zero attached hydrogens (tertiary/aromatic N) is 2. The van der Waals surface area contributed by atoms with Crippen molar-refractivity contribution >= 4 is 21.6 Å². The summed E-state index contributed by atoms with van der Waals surface area (Å²) in [6.07, 6.45) is 1.51. The number of hydrogen-bond donors (Lipinski definition) is 1. The SMILES string of the molecule is Cc1ncn(CCNc2cccc(F)c2)c(=O)c1Br. The van der Waals surface area contributed by atoms with Gasteiger partial charge in [0.2, 0.25) is 0 Å². The molecule has 0 saturated heterocycles. The molecule has 0 unspecified atom stereocenters. The Morgan fingerprint density at radius 3 is 3.00 bits per heavy atom. The summed E-state index contributed by atoms with van der Waals surface area (Å²) in [5.41, 5.74) is 1.24. The highest BCUT2D eigenvalue weighted by atomic mass is 79.9. The molecule has 0 bridgehead atoms. The van der Waals surface area contributed by atoms with Crippen LogP contribution in [-0.2, 0) is 6.54 Å². The maximum absolute atomic E-state index is 13.0. The van der Waals surface area contributed by atoms with E-state index in [0.717, 1.165) is 0 Å². The Kier molecular flexibility index (Phi) is 4.31. The van der Waals surface area contributed by atoms with Crippen molar-refractivity contribution in [1.29, 1.82) is 0 Å². The molecule has 1 aromatic heterocycles. The standard InChI is InChI=1S/C13H13BrFN3O/c1-9-12(14)13(19)18(8-17-9)6-5-16-11-4-2-3-10(15)7-11/h2-4,7-8,16H,5-6H2,1H3. The zero-order chi connectivity index (χ0) is 13.8. The average Bonchev–Trinajstić information content (AvgIpc) is 2.39. The van der Waals surface area contributed by atoms with Crippen molar-refractivity contribution < 1.29 is 4.39 Å². The minimum atomic E-state index is -0.290. The molecule has 0 fully saturated rings. The summed E-state index contributed by atoms with van der Waals surface area (Å²) in [7, 11) is 0. The maximum atomic E-state index is 13.0. The van der Waals surface area contributed by atoms with E-state index in [9.17, 15) is 9.18 Å². The molecule has 1 heterocycles. The Hall–Kier alpha value is -1.69. The molecule has 2 aromatic rings. The number of nitrogens with one attached hydrogen (secondary N) is 1. The molecule has 1 aromatic carbocycles. The number of aryl methyl sites for hydroxylation is 1. The quantitative estimate of drug-likeness (QED) is 0.939. The Morgan fingerprint density at radius 1 is 1.47 bits per heavy atom. The van der Waals surface area contributed by atoms with Crippen molar-refractivity contribution in [3.63, 3.8) is 0 Å². The first-order valence-electron chi connectivity index (χ1n) is 5.79. The van der Waals surface area contributed by atoms with E-state index in [1.54, 1.807) is 19.1 Å². The highest BCUT2D eigenvalue weighted by Crippen LogP contribution is 2.09. The number of anilines is 1. The van der Waals surface area contributed by atoms with E-state index in [4.69, 9.17) is 0 Å². The first-order chi connectivity index (χ1) is 9.08. The fourth-order valence-electron chi connectivity index (χ4n) is 1.62. The topological polar surface area (TPSA) is 46.9 Å². The van der Waals surface area contributed by atoms with Gasteiger partial charge in [0.15, 0.2) is 0 Å². The largest absolute Gasteiger partial charge is 0.383 e. The van der Waals surface area contributed by atoms with E-state index in [0.29, 0.717) is 28.9 Å². The summed E-state index contributed by atoms with van der Waals surface area (Å²) in [4.78, 5) is 16.0. The monoisotopic (exact) mass is 325 g/mol. The molecule has 0 saturated carbocycles. The van der Waals surface area contributed by atoms with Crippen molar-refractivity contribution in [3.8, 4) is 0 Å². The Labute approximate surface area is 118 Å². The number of aromatic nitrogens is 2. The van der Waals surface area contributed by atoms with Crippen LogP contribution in [0.1, 0.15) is 5.69 Å². The average molecular weight is 326 g/mol. The fraction of sp³-hybridized carbons (Fsp3) is 0.231. The number of rotatable bonds is 4. The van der Waals surface area contributed by atoms with Crippen LogP contribution in [0.25, 0.3) is 0 Å². The van der Waals surface area contributed by atoms with Gasteiger partial charge in [0.25, 0.3) is 5.56 Å². The van der Waals surface area contributed by atoms with Crippen LogP contribution in [0.15, 0.2) is 39.9 Å². The minimum absolute atomic E-state index is 0.117. The third kappa shape index (κ3) is 3.41. The van der Waals surface area contributed by atoms with Crippen LogP contribution in [0.4, 0.5) is 10.1 Å². The lowest BCUT2D eigenvalue weighted by atomic mass is 10.3. The zero-order valence-corrected chi connectivity index (χ0v) is 11.9. The molecule has 2 rings (SSSR count). The predicted octanol–water partition coefficient (Wildman–Crippen LogP) is 2.57. The van der Waals surface area contributed by atoms with Crippen LogP contribution >= 0.6 is 15.9 Å². The van der Waals surface area contributed by atoms with Gasteiger partial charge in [-0.15, -0.1) is 0 Å². The first-order valence-corrected chi connectivity index (χ1v) is 6.58. The highest BCUT2D eigenvalue weighted by Gasteiger charge is 2.04. The number of halogens is 2. The Bertz CT molecular complexity index is 642. The molecule has 4 nitrogen and oxygen atoms in total. The van der Waals surface area contributed by atoms with Crippen LogP contribution < -0.4 is 10.9 Å². The van der Waals surface area contributed by atoms with Gasteiger partial charge < -0.3 is 5.32 Å². The molecule has 0 amide bonds. The van der Waals surface area contributed by atoms with Crippen molar-refractivity contribution in [2.24, 2.45) is 0 Å². The van der Waals surface area contributed by atoms with E-state index in [-0.39, 0.29) is 11.4 Å². The molecule has 0 spiro atoms. The fourth-order valence-corrected chi connectivity index (χ4v) is 1.95. The van der Waals surface area contributed by atoms with Crippen molar-refractivity contribution in [2.45, 2.75) is 13.5 Å². The second kappa shape index (κ2) is 5.97. The summed E-state index contributed by atoms with van der Waals surface area (Å²) in [6.45, 7) is 2.74. The van der Waals surface area contributed by atoms with Crippen LogP contribution in [0.2, 0.25) is 0 Å². The van der Waals surface area contributed by atoms with Gasteiger partial charge >= 0.3 is 0 Å². The lowest BCUT2D eigenvalue weighted by Gasteiger charge is -2.09. The Morgan fingerprint density at radius 2 is 2.26 bits per heavy atom. The van der Waals surface area contributed by atoms with E-state index in [2.05, 4.69) is 26.2 Å². The second-order valence-electron chi connectivity index (χ2n) is 4.08. The molecule has 0 radical (unpaired) electrons. The Balaban J connectivity index is 2.00. The van der Waals surface area contributed by atoms with Gasteiger partial charge in [-0.1, -0.05) is 6.07 Å². The van der Waals surface area contributed by atoms with Gasteiger partial charge in [0.1, 0.15) is 10.3 Å². The third-order valence-corrected chi connectivity index (χ3v) is 3.58. The summed E-state index contributed by atoms with van der Waals surface area (Å²) in [6, 6.07) is 6.20. The third-order valence-electron chi connectivity index (χ3n) is 2.66. The van der Waals surface area contributed by atoms with Gasteiger partial charge in [-0.3, -0.25) is 9.36 Å². The smallest absolute Gasteiger partial charge is 0.267 e. The predicted molar refractivity (Wildman–Crippen MR) is 75.8 cm³/mol. The maximum Gasteiger partial charge on any atom is 0.267 e. The molecule has 1 N–H and O–H groups in total. The summed E-state index contributed by atoms with van der Waals surface area (Å²) < 4.78 is 14.9. The van der Waals surface area contributed by atoms with Gasteiger partial charge in [-0.05, 0) is 41.1 Å². The molecular formula is C13H13BrFN3O. The lowest BCUT2D eigenvalue weighted by Crippen LogP contribution is -2.25. The molecular weight excluding hydrogens is 313 g/mol. The molecule has 0 atom stereocenters. The van der Waals surface area contributed by atoms with Crippen LogP contribution in [0.5, 0.6) is 0 Å². The van der Waals surface area contributed by atoms with Crippen LogP contribution in [-0.4, -0.2) is 16.1 Å². The normalized spacial score (nSPS) is 10.5. The minimum Gasteiger partial charge on any atom is -0.383 e. The molecule has 0 aliphatic rings. The molecule has 100 valence electrons. The lowest BCUT2D eigenvalue weighted by molar-refractivity contribution is 0.627. The number of hydrogen-bond acceptors (Lipinski definition) is 3. The highest BCUT2D eigenvalue weighted by molar-refractivity contribution is 9.10. The van der Waals surface area contributed by atoms with Crippen molar-refractivity contribution in [2.75, 3.05) is 11.9 Å².